The summed E-state index contributed by atoms with van der Waals surface area (Å²) in [5.74, 6) is 0. The Labute approximate surface area is 229 Å². The molecule has 0 aliphatic rings. The lowest BCUT2D eigenvalue weighted by Gasteiger charge is -2.04. The Bertz CT molecular complexity index is 1270. The first kappa shape index (κ1) is 29.8. The normalized spacial score (nSPS) is 9.29. The van der Waals surface area contributed by atoms with E-state index in [2.05, 4.69) is 64.5 Å². The van der Waals surface area contributed by atoms with Crippen LogP contribution in [0.1, 0.15) is 54.5 Å². The number of benzene rings is 3. The van der Waals surface area contributed by atoms with Crippen LogP contribution in [0.25, 0.3) is 0 Å². The zero-order valence-electron chi connectivity index (χ0n) is 19.8. The summed E-state index contributed by atoms with van der Waals surface area (Å²) in [6, 6.07) is 20.9. The molecule has 0 heterocycles. The number of nitrogen functional groups attached to an aromatic ring is 3. The van der Waals surface area contributed by atoms with Gasteiger partial charge in [0.25, 0.3) is 0 Å². The molecule has 0 radical (unpaired) electrons. The second-order valence-corrected chi connectivity index (χ2v) is 9.61. The highest BCUT2D eigenvalue weighted by Gasteiger charge is 2.04. The van der Waals surface area contributed by atoms with E-state index in [1.165, 1.54) is 11.1 Å². The van der Waals surface area contributed by atoms with E-state index in [9.17, 15) is 0 Å². The van der Waals surface area contributed by atoms with Gasteiger partial charge < -0.3 is 17.2 Å². The number of halogens is 2. The molecular weight excluding hydrogens is 615 g/mol. The highest BCUT2D eigenvalue weighted by molar-refractivity contribution is 14.1. The smallest absolute Gasteiger partial charge is 0.101 e. The van der Waals surface area contributed by atoms with E-state index in [1.54, 1.807) is 24.3 Å². The van der Waals surface area contributed by atoms with Crippen LogP contribution in [0.5, 0.6) is 0 Å². The topological polar surface area (TPSA) is 149 Å². The molecular formula is C27H28BrIN6. The van der Waals surface area contributed by atoms with Crippen LogP contribution in [0.2, 0.25) is 0 Å². The van der Waals surface area contributed by atoms with Gasteiger partial charge in [-0.15, -0.1) is 0 Å². The Balaban J connectivity index is 0.000000265. The van der Waals surface area contributed by atoms with E-state index < -0.39 is 0 Å². The first-order valence-electron chi connectivity index (χ1n) is 10.9. The highest BCUT2D eigenvalue weighted by Crippen LogP contribution is 2.22. The molecule has 3 rings (SSSR count). The molecule has 0 unspecified atom stereocenters. The maximum atomic E-state index is 8.80. The summed E-state index contributed by atoms with van der Waals surface area (Å²) >= 11 is 5.39. The van der Waals surface area contributed by atoms with Crippen molar-refractivity contribution in [3.63, 3.8) is 0 Å². The number of anilines is 3. The van der Waals surface area contributed by atoms with E-state index >= 15 is 0 Å². The predicted molar refractivity (Wildman–Crippen MR) is 155 cm³/mol. The first-order chi connectivity index (χ1) is 16.7. The molecule has 0 saturated carbocycles. The van der Waals surface area contributed by atoms with Crippen LogP contribution in [0.4, 0.5) is 17.1 Å². The summed E-state index contributed by atoms with van der Waals surface area (Å²) in [5, 5.41) is 26.0. The lowest BCUT2D eigenvalue weighted by molar-refractivity contribution is 0.920. The maximum Gasteiger partial charge on any atom is 0.101 e. The van der Waals surface area contributed by atoms with Gasteiger partial charge in [0.2, 0.25) is 0 Å². The van der Waals surface area contributed by atoms with Gasteiger partial charge in [-0.2, -0.15) is 15.8 Å². The largest absolute Gasteiger partial charge is 0.398 e. The van der Waals surface area contributed by atoms with E-state index in [4.69, 9.17) is 33.0 Å². The fraction of sp³-hybridized carbons (Fsp3) is 0.222. The van der Waals surface area contributed by atoms with Crippen LogP contribution >= 0.6 is 38.5 Å². The molecule has 0 spiro atoms. The Kier molecular flexibility index (Phi) is 13.3. The summed E-state index contributed by atoms with van der Waals surface area (Å²) in [6.07, 6.45) is 4.19. The Morgan fingerprint density at radius 3 is 1.71 bits per heavy atom. The lowest BCUT2D eigenvalue weighted by atomic mass is 10.1. The maximum absolute atomic E-state index is 8.80. The number of nitrogens with zero attached hydrogens (tertiary/aromatic N) is 3. The van der Waals surface area contributed by atoms with Crippen molar-refractivity contribution in [1.82, 2.24) is 0 Å². The average Bonchev–Trinajstić information content (AvgIpc) is 2.85. The average molecular weight is 643 g/mol. The van der Waals surface area contributed by atoms with Gasteiger partial charge in [0.1, 0.15) is 18.2 Å². The third-order valence-corrected chi connectivity index (χ3v) is 6.15. The number of nitrogens with two attached hydrogens (primary N) is 3. The van der Waals surface area contributed by atoms with Gasteiger partial charge >= 0.3 is 0 Å². The Morgan fingerprint density at radius 1 is 0.714 bits per heavy atom. The van der Waals surface area contributed by atoms with Crippen LogP contribution in [-0.4, -0.2) is 0 Å². The molecule has 180 valence electrons. The third kappa shape index (κ3) is 9.86. The second-order valence-electron chi connectivity index (χ2n) is 7.53. The van der Waals surface area contributed by atoms with Crippen molar-refractivity contribution in [2.45, 2.75) is 39.5 Å². The minimum atomic E-state index is 0.509. The van der Waals surface area contributed by atoms with Crippen LogP contribution in [0, 0.1) is 37.6 Å². The SMILES string of the molecule is CCCc1cc(I)c(N)c(C#N)c1.CCCc1ccc(N)c(C#N)c1.N#Cc1cc(Br)ccc1N. The zero-order chi connectivity index (χ0) is 26.4. The minimum absolute atomic E-state index is 0.509. The molecule has 8 heteroatoms. The fourth-order valence-corrected chi connectivity index (χ4v) is 4.02. The first-order valence-corrected chi connectivity index (χ1v) is 12.8. The molecule has 3 aromatic carbocycles. The van der Waals surface area contributed by atoms with Crippen molar-refractivity contribution in [2.24, 2.45) is 0 Å². The highest BCUT2D eigenvalue weighted by atomic mass is 127. The number of rotatable bonds is 4. The molecule has 0 aromatic heterocycles. The van der Waals surface area contributed by atoms with E-state index in [0.717, 1.165) is 33.7 Å². The Morgan fingerprint density at radius 2 is 1.20 bits per heavy atom. The molecule has 0 bridgehead atoms. The summed E-state index contributed by atoms with van der Waals surface area (Å²) in [7, 11) is 0. The quantitative estimate of drug-likeness (QED) is 0.213. The number of aryl methyl sites for hydroxylation is 2. The summed E-state index contributed by atoms with van der Waals surface area (Å²) in [4.78, 5) is 0. The third-order valence-electron chi connectivity index (χ3n) is 4.76. The molecule has 0 amide bonds. The van der Waals surface area contributed by atoms with Gasteiger partial charge in [0.15, 0.2) is 0 Å². The molecule has 6 nitrogen and oxygen atoms in total. The van der Waals surface area contributed by atoms with Gasteiger partial charge in [0.05, 0.1) is 22.4 Å². The van der Waals surface area contributed by atoms with Crippen LogP contribution in [0.3, 0.4) is 0 Å². The molecule has 0 fully saturated rings. The number of nitriles is 3. The van der Waals surface area contributed by atoms with Gasteiger partial charge in [-0.1, -0.05) is 48.7 Å². The summed E-state index contributed by atoms with van der Waals surface area (Å²) in [5.41, 5.74) is 22.5. The van der Waals surface area contributed by atoms with Crippen molar-refractivity contribution < 1.29 is 0 Å². The van der Waals surface area contributed by atoms with Crippen molar-refractivity contribution in [3.05, 3.63) is 84.4 Å². The minimum Gasteiger partial charge on any atom is -0.398 e. The van der Waals surface area contributed by atoms with E-state index in [0.29, 0.717) is 33.8 Å². The molecule has 3 aromatic rings. The van der Waals surface area contributed by atoms with Crippen molar-refractivity contribution in [3.8, 4) is 18.2 Å². The molecule has 0 atom stereocenters. The molecule has 35 heavy (non-hydrogen) atoms. The number of hydrogen-bond acceptors (Lipinski definition) is 6. The monoisotopic (exact) mass is 642 g/mol. The van der Waals surface area contributed by atoms with E-state index in [1.807, 2.05) is 30.3 Å². The molecule has 0 aliphatic carbocycles. The standard InChI is InChI=1S/C10H11IN2.C10H12N2.C7H5BrN2/c1-2-3-7-4-8(6-12)10(13)9(11)5-7;1-2-3-8-4-5-10(12)9(6-8)7-11;8-6-1-2-7(10)5(3-6)4-9/h4-5H,2-3,13H2,1H3;4-6H,2-3,12H2,1H3;1-3H,10H2. The molecule has 0 aliphatic heterocycles. The van der Waals surface area contributed by atoms with Crippen LogP contribution < -0.4 is 17.2 Å². The Hall–Kier alpha value is -3.26. The summed E-state index contributed by atoms with van der Waals surface area (Å²) < 4.78 is 1.85. The van der Waals surface area contributed by atoms with Gasteiger partial charge in [-0.25, -0.2) is 0 Å². The van der Waals surface area contributed by atoms with Crippen molar-refractivity contribution in [1.29, 1.82) is 15.8 Å². The van der Waals surface area contributed by atoms with Crippen molar-refractivity contribution in [2.75, 3.05) is 17.2 Å². The molecule has 6 N–H and O–H groups in total. The van der Waals surface area contributed by atoms with Gasteiger partial charge in [-0.3, -0.25) is 0 Å². The zero-order valence-corrected chi connectivity index (χ0v) is 23.5. The molecule has 0 saturated heterocycles. The second kappa shape index (κ2) is 15.6. The van der Waals surface area contributed by atoms with Crippen LogP contribution in [-0.2, 0) is 12.8 Å². The fourth-order valence-electron chi connectivity index (χ4n) is 2.97. The van der Waals surface area contributed by atoms with E-state index in [-0.39, 0.29) is 0 Å². The van der Waals surface area contributed by atoms with Gasteiger partial charge in [-0.05, 0) is 89.0 Å². The van der Waals surface area contributed by atoms with Crippen molar-refractivity contribution >= 4 is 55.6 Å². The lowest BCUT2D eigenvalue weighted by Crippen LogP contribution is -1.96. The number of hydrogen-bond donors (Lipinski definition) is 3. The van der Waals surface area contributed by atoms with Crippen LogP contribution in [0.15, 0.2) is 53.0 Å². The predicted octanol–water partition coefficient (Wildman–Crippen LogP) is 6.69. The summed E-state index contributed by atoms with van der Waals surface area (Å²) in [6.45, 7) is 4.23. The van der Waals surface area contributed by atoms with Gasteiger partial charge in [0, 0.05) is 19.4 Å².